The highest BCUT2D eigenvalue weighted by atomic mass is 16.6. The number of rotatable bonds is 3. The molecule has 2 heterocycles. The molecule has 1 N–H and O–H groups in total. The standard InChI is InChI=1S/C16H22N2O3/c19-15-11-18(10-14(15)17-8-4-5-9-17)16(20)21-12-13-6-2-1-3-7-13/h1-3,6-7,14-15,19H,4-5,8-12H2/t14-,15-/m0/s1. The number of ether oxygens (including phenoxy) is 1. The molecule has 1 amide bonds. The summed E-state index contributed by atoms with van der Waals surface area (Å²) in [5, 5.41) is 10.2. The minimum Gasteiger partial charge on any atom is -0.445 e. The minimum absolute atomic E-state index is 0.0665. The van der Waals surface area contributed by atoms with Crippen LogP contribution in [-0.4, -0.2) is 59.3 Å². The van der Waals surface area contributed by atoms with Gasteiger partial charge >= 0.3 is 6.09 Å². The molecule has 1 aromatic rings. The summed E-state index contributed by atoms with van der Waals surface area (Å²) in [6, 6.07) is 9.70. The maximum atomic E-state index is 12.1. The van der Waals surface area contributed by atoms with E-state index in [9.17, 15) is 9.90 Å². The third kappa shape index (κ3) is 3.36. The molecule has 0 aromatic heterocycles. The second-order valence-corrected chi connectivity index (χ2v) is 5.82. The first-order valence-electron chi connectivity index (χ1n) is 7.62. The van der Waals surface area contributed by atoms with E-state index in [-0.39, 0.29) is 18.7 Å². The van der Waals surface area contributed by atoms with E-state index in [0.717, 1.165) is 18.7 Å². The monoisotopic (exact) mass is 290 g/mol. The summed E-state index contributed by atoms with van der Waals surface area (Å²) in [6.45, 7) is 3.26. The van der Waals surface area contributed by atoms with Crippen molar-refractivity contribution in [3.05, 3.63) is 35.9 Å². The third-order valence-corrected chi connectivity index (χ3v) is 4.33. The maximum absolute atomic E-state index is 12.1. The fraction of sp³-hybridized carbons (Fsp3) is 0.562. The highest BCUT2D eigenvalue weighted by Crippen LogP contribution is 2.21. The van der Waals surface area contributed by atoms with Crippen molar-refractivity contribution in [1.29, 1.82) is 0 Å². The lowest BCUT2D eigenvalue weighted by molar-refractivity contribution is 0.0925. The Hall–Kier alpha value is -1.59. The number of carbonyl (C=O) groups excluding carboxylic acids is 1. The van der Waals surface area contributed by atoms with Gasteiger partial charge < -0.3 is 14.7 Å². The predicted molar refractivity (Wildman–Crippen MR) is 78.8 cm³/mol. The molecule has 114 valence electrons. The van der Waals surface area contributed by atoms with Crippen LogP contribution < -0.4 is 0 Å². The number of amides is 1. The second-order valence-electron chi connectivity index (χ2n) is 5.82. The van der Waals surface area contributed by atoms with Gasteiger partial charge in [0.05, 0.1) is 18.7 Å². The van der Waals surface area contributed by atoms with Crippen molar-refractivity contribution in [2.45, 2.75) is 31.6 Å². The molecule has 0 saturated carbocycles. The summed E-state index contributed by atoms with van der Waals surface area (Å²) in [5.74, 6) is 0. The van der Waals surface area contributed by atoms with Gasteiger partial charge in [0, 0.05) is 6.54 Å². The molecular weight excluding hydrogens is 268 g/mol. The summed E-state index contributed by atoms with van der Waals surface area (Å²) >= 11 is 0. The zero-order chi connectivity index (χ0) is 14.7. The van der Waals surface area contributed by atoms with Gasteiger partial charge in [-0.25, -0.2) is 4.79 Å². The van der Waals surface area contributed by atoms with E-state index in [1.54, 1.807) is 4.90 Å². The largest absolute Gasteiger partial charge is 0.445 e. The lowest BCUT2D eigenvalue weighted by Gasteiger charge is -2.25. The van der Waals surface area contributed by atoms with E-state index in [2.05, 4.69) is 4.90 Å². The Morgan fingerprint density at radius 1 is 1.19 bits per heavy atom. The minimum atomic E-state index is -0.465. The Labute approximate surface area is 125 Å². The summed E-state index contributed by atoms with van der Waals surface area (Å²) in [4.78, 5) is 16.0. The maximum Gasteiger partial charge on any atom is 0.410 e. The van der Waals surface area contributed by atoms with Crippen molar-refractivity contribution in [2.75, 3.05) is 26.2 Å². The van der Waals surface area contributed by atoms with Gasteiger partial charge in [0.15, 0.2) is 0 Å². The average molecular weight is 290 g/mol. The molecule has 21 heavy (non-hydrogen) atoms. The van der Waals surface area contributed by atoms with Gasteiger partial charge in [-0.05, 0) is 31.5 Å². The molecular formula is C16H22N2O3. The van der Waals surface area contributed by atoms with Crippen LogP contribution in [-0.2, 0) is 11.3 Å². The lowest BCUT2D eigenvalue weighted by Crippen LogP contribution is -2.41. The van der Waals surface area contributed by atoms with E-state index in [4.69, 9.17) is 4.74 Å². The van der Waals surface area contributed by atoms with Crippen LogP contribution in [0.5, 0.6) is 0 Å². The van der Waals surface area contributed by atoms with Crippen LogP contribution in [0.25, 0.3) is 0 Å². The van der Waals surface area contributed by atoms with Crippen LogP contribution in [0.2, 0.25) is 0 Å². The zero-order valence-corrected chi connectivity index (χ0v) is 12.1. The number of hydrogen-bond acceptors (Lipinski definition) is 4. The van der Waals surface area contributed by atoms with Gasteiger partial charge in [0.25, 0.3) is 0 Å². The van der Waals surface area contributed by atoms with E-state index >= 15 is 0 Å². The van der Waals surface area contributed by atoms with Gasteiger partial charge in [-0.15, -0.1) is 0 Å². The third-order valence-electron chi connectivity index (χ3n) is 4.33. The van der Waals surface area contributed by atoms with Crippen LogP contribution in [0.3, 0.4) is 0 Å². The molecule has 5 nitrogen and oxygen atoms in total. The fourth-order valence-electron chi connectivity index (χ4n) is 3.16. The number of aliphatic hydroxyl groups excluding tert-OH is 1. The Balaban J connectivity index is 1.51. The first kappa shape index (κ1) is 14.4. The van der Waals surface area contributed by atoms with Crippen LogP contribution in [0.4, 0.5) is 4.79 Å². The number of nitrogens with zero attached hydrogens (tertiary/aromatic N) is 2. The van der Waals surface area contributed by atoms with Crippen molar-refractivity contribution in [2.24, 2.45) is 0 Å². The normalized spacial score (nSPS) is 26.2. The molecule has 1 aromatic carbocycles. The van der Waals surface area contributed by atoms with Crippen molar-refractivity contribution in [3.8, 4) is 0 Å². The van der Waals surface area contributed by atoms with Crippen LogP contribution in [0.1, 0.15) is 18.4 Å². The van der Waals surface area contributed by atoms with Crippen molar-refractivity contribution < 1.29 is 14.6 Å². The molecule has 2 atom stereocenters. The number of benzene rings is 1. The molecule has 5 heteroatoms. The number of carbonyl (C=O) groups is 1. The average Bonchev–Trinajstić information content (AvgIpc) is 3.15. The zero-order valence-electron chi connectivity index (χ0n) is 12.1. The fourth-order valence-corrected chi connectivity index (χ4v) is 3.16. The molecule has 0 spiro atoms. The number of likely N-dealkylation sites (tertiary alicyclic amines) is 2. The predicted octanol–water partition coefficient (Wildman–Crippen LogP) is 1.46. The smallest absolute Gasteiger partial charge is 0.410 e. The molecule has 2 saturated heterocycles. The summed E-state index contributed by atoms with van der Waals surface area (Å²) in [6.07, 6.45) is 1.57. The van der Waals surface area contributed by atoms with Gasteiger partial charge in [-0.2, -0.15) is 0 Å². The van der Waals surface area contributed by atoms with E-state index in [1.165, 1.54) is 12.8 Å². The Kier molecular flexibility index (Phi) is 4.41. The van der Waals surface area contributed by atoms with Gasteiger partial charge in [0.2, 0.25) is 0 Å². The van der Waals surface area contributed by atoms with Gasteiger partial charge in [0.1, 0.15) is 6.61 Å². The number of hydrogen-bond donors (Lipinski definition) is 1. The molecule has 0 aliphatic carbocycles. The first-order chi connectivity index (χ1) is 10.2. The molecule has 2 aliphatic heterocycles. The number of aliphatic hydroxyl groups is 1. The van der Waals surface area contributed by atoms with Crippen LogP contribution in [0, 0.1) is 0 Å². The Morgan fingerprint density at radius 2 is 1.90 bits per heavy atom. The van der Waals surface area contributed by atoms with Crippen molar-refractivity contribution >= 4 is 6.09 Å². The quantitative estimate of drug-likeness (QED) is 0.916. The summed E-state index contributed by atoms with van der Waals surface area (Å²) in [7, 11) is 0. The molecule has 0 bridgehead atoms. The Bertz CT molecular complexity index is 474. The number of β-amino-alcohol motifs (C(OH)–C–C–N with tert-alkyl or cyclic N) is 1. The van der Waals surface area contributed by atoms with Crippen LogP contribution >= 0.6 is 0 Å². The second kappa shape index (κ2) is 6.45. The SMILES string of the molecule is O=C(OCc1ccccc1)N1C[C@H](O)[C@@H](N2CCCC2)C1. The molecule has 0 unspecified atom stereocenters. The topological polar surface area (TPSA) is 53.0 Å². The van der Waals surface area contributed by atoms with Gasteiger partial charge in [-0.1, -0.05) is 30.3 Å². The highest BCUT2D eigenvalue weighted by molar-refractivity contribution is 5.68. The molecule has 2 fully saturated rings. The Morgan fingerprint density at radius 3 is 2.62 bits per heavy atom. The van der Waals surface area contributed by atoms with Crippen molar-refractivity contribution in [1.82, 2.24) is 9.80 Å². The van der Waals surface area contributed by atoms with Gasteiger partial charge in [-0.3, -0.25) is 4.90 Å². The highest BCUT2D eigenvalue weighted by Gasteiger charge is 2.38. The van der Waals surface area contributed by atoms with E-state index in [1.807, 2.05) is 30.3 Å². The first-order valence-corrected chi connectivity index (χ1v) is 7.62. The molecule has 3 rings (SSSR count). The molecule has 0 radical (unpaired) electrons. The van der Waals surface area contributed by atoms with E-state index < -0.39 is 6.10 Å². The van der Waals surface area contributed by atoms with Crippen molar-refractivity contribution in [3.63, 3.8) is 0 Å². The summed E-state index contributed by atoms with van der Waals surface area (Å²) < 4.78 is 5.33. The summed E-state index contributed by atoms with van der Waals surface area (Å²) in [5.41, 5.74) is 0.974. The van der Waals surface area contributed by atoms with E-state index in [0.29, 0.717) is 13.1 Å². The molecule has 2 aliphatic rings. The lowest BCUT2D eigenvalue weighted by atomic mass is 10.2. The van der Waals surface area contributed by atoms with Crippen LogP contribution in [0.15, 0.2) is 30.3 Å².